The van der Waals surface area contributed by atoms with Gasteiger partial charge in [0.25, 0.3) is 0 Å². The lowest BCUT2D eigenvalue weighted by molar-refractivity contribution is -0.0561. The lowest BCUT2D eigenvalue weighted by atomic mass is 9.95. The van der Waals surface area contributed by atoms with Crippen LogP contribution in [0, 0.1) is 12.7 Å². The number of hydrogen-bond acceptors (Lipinski definition) is 5. The van der Waals surface area contributed by atoms with Gasteiger partial charge >= 0.3 is 0 Å². The van der Waals surface area contributed by atoms with E-state index in [4.69, 9.17) is 19.6 Å². The zero-order valence-corrected chi connectivity index (χ0v) is 17.1. The van der Waals surface area contributed by atoms with Crippen molar-refractivity contribution in [2.24, 2.45) is 0 Å². The molecule has 1 aromatic heterocycles. The van der Waals surface area contributed by atoms with Gasteiger partial charge in [-0.1, -0.05) is 18.2 Å². The van der Waals surface area contributed by atoms with E-state index in [1.54, 1.807) is 12.1 Å². The molecule has 1 saturated carbocycles. The fourth-order valence-electron chi connectivity index (χ4n) is 3.75. The molecule has 0 bridgehead atoms. The SMILES string of the molecule is Cc1oc(-c2ccc(F)cc2)nc1COC1CCCC(OCc2ccccc2N)C1. The number of nitrogens with zero attached hydrogens (tertiary/aromatic N) is 1. The minimum atomic E-state index is -0.283. The van der Waals surface area contributed by atoms with Gasteiger partial charge in [-0.25, -0.2) is 9.37 Å². The monoisotopic (exact) mass is 410 g/mol. The van der Waals surface area contributed by atoms with E-state index in [9.17, 15) is 4.39 Å². The van der Waals surface area contributed by atoms with Crippen LogP contribution in [0.2, 0.25) is 0 Å². The summed E-state index contributed by atoms with van der Waals surface area (Å²) in [6.45, 7) is 2.78. The van der Waals surface area contributed by atoms with Crippen LogP contribution >= 0.6 is 0 Å². The smallest absolute Gasteiger partial charge is 0.226 e. The minimum Gasteiger partial charge on any atom is -0.441 e. The van der Waals surface area contributed by atoms with Crippen LogP contribution in [0.3, 0.4) is 0 Å². The third-order valence-electron chi connectivity index (χ3n) is 5.55. The highest BCUT2D eigenvalue weighted by Crippen LogP contribution is 2.27. The molecule has 0 radical (unpaired) electrons. The second-order valence-electron chi connectivity index (χ2n) is 7.76. The van der Waals surface area contributed by atoms with Crippen molar-refractivity contribution < 1.29 is 18.3 Å². The molecule has 0 saturated heterocycles. The summed E-state index contributed by atoms with van der Waals surface area (Å²) < 4.78 is 31.1. The second-order valence-corrected chi connectivity index (χ2v) is 7.76. The summed E-state index contributed by atoms with van der Waals surface area (Å²) in [5.74, 6) is 0.920. The molecule has 1 fully saturated rings. The van der Waals surface area contributed by atoms with E-state index in [0.717, 1.165) is 54.0 Å². The van der Waals surface area contributed by atoms with Crippen LogP contribution in [0.15, 0.2) is 52.9 Å². The first kappa shape index (κ1) is 20.6. The minimum absolute atomic E-state index is 0.127. The molecule has 5 nitrogen and oxygen atoms in total. The number of nitrogen functional groups attached to an aromatic ring is 1. The summed E-state index contributed by atoms with van der Waals surface area (Å²) in [6.07, 6.45) is 4.25. The molecule has 2 atom stereocenters. The first-order chi connectivity index (χ1) is 14.6. The van der Waals surface area contributed by atoms with E-state index in [1.807, 2.05) is 31.2 Å². The van der Waals surface area contributed by atoms with Crippen LogP contribution in [-0.4, -0.2) is 17.2 Å². The predicted octanol–water partition coefficient (Wildman–Crippen LogP) is 5.42. The molecule has 2 unspecified atom stereocenters. The Bertz CT molecular complexity index is 971. The quantitative estimate of drug-likeness (QED) is 0.527. The lowest BCUT2D eigenvalue weighted by Gasteiger charge is -2.29. The summed E-state index contributed by atoms with van der Waals surface area (Å²) in [6, 6.07) is 13.9. The van der Waals surface area contributed by atoms with Gasteiger partial charge in [0.2, 0.25) is 5.89 Å². The number of rotatable bonds is 7. The molecule has 0 amide bonds. The largest absolute Gasteiger partial charge is 0.441 e. The summed E-state index contributed by atoms with van der Waals surface area (Å²) in [4.78, 5) is 4.54. The number of benzene rings is 2. The maximum Gasteiger partial charge on any atom is 0.226 e. The first-order valence-electron chi connectivity index (χ1n) is 10.4. The number of halogens is 1. The lowest BCUT2D eigenvalue weighted by Crippen LogP contribution is -2.28. The predicted molar refractivity (Wildman–Crippen MR) is 113 cm³/mol. The molecule has 6 heteroatoms. The van der Waals surface area contributed by atoms with Gasteiger partial charge in [-0.05, 0) is 62.9 Å². The van der Waals surface area contributed by atoms with E-state index in [2.05, 4.69) is 4.98 Å². The Labute approximate surface area is 176 Å². The van der Waals surface area contributed by atoms with Gasteiger partial charge in [0.1, 0.15) is 17.3 Å². The molecule has 30 heavy (non-hydrogen) atoms. The zero-order chi connectivity index (χ0) is 20.9. The third kappa shape index (κ3) is 5.07. The van der Waals surface area contributed by atoms with E-state index in [1.165, 1.54) is 12.1 Å². The number of para-hydroxylation sites is 1. The van der Waals surface area contributed by atoms with Crippen LogP contribution in [0.1, 0.15) is 42.7 Å². The van der Waals surface area contributed by atoms with Crippen molar-refractivity contribution in [2.75, 3.05) is 5.73 Å². The fourth-order valence-corrected chi connectivity index (χ4v) is 3.75. The van der Waals surface area contributed by atoms with E-state index < -0.39 is 0 Å². The number of aromatic nitrogens is 1. The molecule has 0 aliphatic heterocycles. The highest BCUT2D eigenvalue weighted by Gasteiger charge is 2.24. The standard InChI is InChI=1S/C24H27FN2O3/c1-16-23(27-24(30-16)17-9-11-19(25)12-10-17)15-29-21-7-4-6-20(13-21)28-14-18-5-2-3-8-22(18)26/h2-3,5,8-12,20-21H,4,6-7,13-15,26H2,1H3. The molecule has 158 valence electrons. The summed E-state index contributed by atoms with van der Waals surface area (Å²) in [5, 5.41) is 0. The average Bonchev–Trinajstić information content (AvgIpc) is 3.13. The Kier molecular flexibility index (Phi) is 6.45. The van der Waals surface area contributed by atoms with Gasteiger partial charge in [0.15, 0.2) is 0 Å². The van der Waals surface area contributed by atoms with Crippen molar-refractivity contribution in [3.8, 4) is 11.5 Å². The van der Waals surface area contributed by atoms with Crippen molar-refractivity contribution in [3.63, 3.8) is 0 Å². The van der Waals surface area contributed by atoms with E-state index >= 15 is 0 Å². The topological polar surface area (TPSA) is 70.5 Å². The Morgan fingerprint density at radius 3 is 2.47 bits per heavy atom. The van der Waals surface area contributed by atoms with Gasteiger partial charge < -0.3 is 19.6 Å². The van der Waals surface area contributed by atoms with Crippen molar-refractivity contribution in [3.05, 3.63) is 71.4 Å². The van der Waals surface area contributed by atoms with Crippen molar-refractivity contribution in [1.82, 2.24) is 4.98 Å². The van der Waals surface area contributed by atoms with Gasteiger partial charge in [0, 0.05) is 16.8 Å². The van der Waals surface area contributed by atoms with Gasteiger partial charge in [-0.3, -0.25) is 0 Å². The Morgan fingerprint density at radius 2 is 1.73 bits per heavy atom. The summed E-state index contributed by atoms with van der Waals surface area (Å²) in [7, 11) is 0. The number of anilines is 1. The number of hydrogen-bond donors (Lipinski definition) is 1. The van der Waals surface area contributed by atoms with E-state index in [-0.39, 0.29) is 18.0 Å². The molecule has 1 aliphatic carbocycles. The van der Waals surface area contributed by atoms with Crippen molar-refractivity contribution in [1.29, 1.82) is 0 Å². The maximum atomic E-state index is 13.1. The van der Waals surface area contributed by atoms with Crippen LogP contribution in [0.4, 0.5) is 10.1 Å². The van der Waals surface area contributed by atoms with Gasteiger partial charge in [-0.2, -0.15) is 0 Å². The van der Waals surface area contributed by atoms with Gasteiger partial charge in [0.05, 0.1) is 25.4 Å². The summed E-state index contributed by atoms with van der Waals surface area (Å²) in [5.41, 5.74) is 9.31. The number of aryl methyl sites for hydroxylation is 1. The molecular formula is C24H27FN2O3. The van der Waals surface area contributed by atoms with Crippen LogP contribution in [0.5, 0.6) is 0 Å². The van der Waals surface area contributed by atoms with Crippen molar-refractivity contribution in [2.45, 2.75) is 58.0 Å². The Hall–Kier alpha value is -2.70. The molecule has 2 aromatic carbocycles. The van der Waals surface area contributed by atoms with Crippen LogP contribution in [0.25, 0.3) is 11.5 Å². The molecule has 0 spiro atoms. The van der Waals surface area contributed by atoms with Crippen LogP contribution < -0.4 is 5.73 Å². The second kappa shape index (κ2) is 9.41. The number of oxazole rings is 1. The third-order valence-corrected chi connectivity index (χ3v) is 5.55. The normalized spacial score (nSPS) is 19.1. The van der Waals surface area contributed by atoms with E-state index in [0.29, 0.717) is 19.1 Å². The molecule has 1 heterocycles. The summed E-state index contributed by atoms with van der Waals surface area (Å²) >= 11 is 0. The van der Waals surface area contributed by atoms with Gasteiger partial charge in [-0.15, -0.1) is 0 Å². The number of ether oxygens (including phenoxy) is 2. The average molecular weight is 410 g/mol. The zero-order valence-electron chi connectivity index (χ0n) is 17.1. The Morgan fingerprint density at radius 1 is 1.03 bits per heavy atom. The molecule has 1 aliphatic rings. The Balaban J connectivity index is 1.30. The molecular weight excluding hydrogens is 383 g/mol. The molecule has 2 N–H and O–H groups in total. The van der Waals surface area contributed by atoms with Crippen molar-refractivity contribution >= 4 is 5.69 Å². The highest BCUT2D eigenvalue weighted by atomic mass is 19.1. The first-order valence-corrected chi connectivity index (χ1v) is 10.4. The van der Waals surface area contributed by atoms with Crippen LogP contribution in [-0.2, 0) is 22.7 Å². The maximum absolute atomic E-state index is 13.1. The molecule has 4 rings (SSSR count). The molecule has 3 aromatic rings. The highest BCUT2D eigenvalue weighted by molar-refractivity contribution is 5.53. The number of nitrogens with two attached hydrogens (primary N) is 1. The fraction of sp³-hybridized carbons (Fsp3) is 0.375.